The van der Waals surface area contributed by atoms with Gasteiger partial charge in [-0.1, -0.05) is 12.1 Å². The first-order valence-corrected chi connectivity index (χ1v) is 14.1. The molecule has 0 amide bonds. The molecule has 1 N–H and O–H groups in total. The molecule has 3 aliphatic heterocycles. The van der Waals surface area contributed by atoms with Gasteiger partial charge in [0.15, 0.2) is 0 Å². The van der Waals surface area contributed by atoms with E-state index in [2.05, 4.69) is 0 Å². The molecule has 212 valence electrons. The first-order valence-electron chi connectivity index (χ1n) is 12.6. The summed E-state index contributed by atoms with van der Waals surface area (Å²) in [6.45, 7) is 7.85. The molecule has 8 nitrogen and oxygen atoms in total. The van der Waals surface area contributed by atoms with E-state index in [0.717, 1.165) is 22.5 Å². The lowest BCUT2D eigenvalue weighted by Crippen LogP contribution is -2.52. The van der Waals surface area contributed by atoms with Crippen LogP contribution in [0.25, 0.3) is 0 Å². The van der Waals surface area contributed by atoms with Crippen LogP contribution in [-0.4, -0.2) is 64.3 Å². The summed E-state index contributed by atoms with van der Waals surface area (Å²) >= 11 is 0. The van der Waals surface area contributed by atoms with Crippen molar-refractivity contribution in [3.8, 4) is 5.75 Å². The third-order valence-electron chi connectivity index (χ3n) is 8.00. The molecule has 3 aliphatic rings. The summed E-state index contributed by atoms with van der Waals surface area (Å²) in [5.41, 5.74) is -2.21. The predicted octanol–water partition coefficient (Wildman–Crippen LogP) is 3.36. The third kappa shape index (κ3) is 5.03. The van der Waals surface area contributed by atoms with Crippen LogP contribution in [0.15, 0.2) is 47.4 Å². The SMILES string of the molecule is CC1(C)OB(c2ccc3c(c2)N(S(=O)(=O)c2cccc(C(F)(F)F)c2)C[C@H](CC2(CO)COC2)O3)OC1(C)C. The van der Waals surface area contributed by atoms with Crippen molar-refractivity contribution >= 4 is 28.3 Å². The van der Waals surface area contributed by atoms with Crippen molar-refractivity contribution in [2.75, 3.05) is 30.7 Å². The van der Waals surface area contributed by atoms with Gasteiger partial charge in [-0.3, -0.25) is 4.31 Å². The van der Waals surface area contributed by atoms with E-state index >= 15 is 0 Å². The number of rotatable bonds is 6. The average molecular weight is 569 g/mol. The van der Waals surface area contributed by atoms with Gasteiger partial charge >= 0.3 is 13.3 Å². The Morgan fingerprint density at radius 2 is 1.72 bits per heavy atom. The minimum absolute atomic E-state index is 0.166. The topological polar surface area (TPSA) is 94.5 Å². The number of halogens is 3. The quantitative estimate of drug-likeness (QED) is 0.534. The highest BCUT2D eigenvalue weighted by Gasteiger charge is 2.52. The maximum atomic E-state index is 13.9. The van der Waals surface area contributed by atoms with Crippen LogP contribution in [0.4, 0.5) is 18.9 Å². The van der Waals surface area contributed by atoms with Gasteiger partial charge < -0.3 is 23.9 Å². The maximum absolute atomic E-state index is 13.9. The Balaban J connectivity index is 1.56. The van der Waals surface area contributed by atoms with Crippen LogP contribution in [0.5, 0.6) is 5.75 Å². The molecule has 0 radical (unpaired) electrons. The number of alkyl halides is 3. The van der Waals surface area contributed by atoms with Gasteiger partial charge in [0.05, 0.1) is 53.7 Å². The number of fused-ring (bicyclic) bond motifs is 1. The maximum Gasteiger partial charge on any atom is 0.494 e. The van der Waals surface area contributed by atoms with Crippen molar-refractivity contribution in [2.24, 2.45) is 5.41 Å². The van der Waals surface area contributed by atoms with Crippen LogP contribution in [0.2, 0.25) is 0 Å². The van der Waals surface area contributed by atoms with E-state index < -0.39 is 56.5 Å². The highest BCUT2D eigenvalue weighted by Crippen LogP contribution is 2.42. The van der Waals surface area contributed by atoms with E-state index in [0.29, 0.717) is 31.2 Å². The molecular formula is C26H31BF3NO7S. The van der Waals surface area contributed by atoms with Gasteiger partial charge in [0.2, 0.25) is 0 Å². The first kappa shape index (κ1) is 28.2. The fraction of sp³-hybridized carbons (Fsp3) is 0.538. The zero-order chi connectivity index (χ0) is 28.4. The molecule has 13 heteroatoms. The largest absolute Gasteiger partial charge is 0.494 e. The molecule has 5 rings (SSSR count). The standard InChI is InChI=1S/C26H31BF3NO7S/c1-23(2)24(3,4)38-27(37-23)18-8-9-22-21(11-18)31(13-19(36-22)12-25(14-32)15-35-16-25)39(33,34)20-7-5-6-17(10-20)26(28,29)30/h5-11,19,32H,12-16H2,1-4H3/t19-/m0/s1. The van der Waals surface area contributed by atoms with Crippen molar-refractivity contribution in [2.45, 2.75) is 62.5 Å². The second kappa shape index (κ2) is 9.37. The molecule has 2 aromatic rings. The van der Waals surface area contributed by atoms with Crippen LogP contribution >= 0.6 is 0 Å². The van der Waals surface area contributed by atoms with E-state index in [1.807, 2.05) is 27.7 Å². The Hall–Kier alpha value is -2.32. The summed E-state index contributed by atoms with van der Waals surface area (Å²) in [6.07, 6.45) is -5.08. The normalized spacial score (nSPS) is 23.6. The lowest BCUT2D eigenvalue weighted by atomic mass is 9.78. The van der Waals surface area contributed by atoms with E-state index in [4.69, 9.17) is 18.8 Å². The summed E-state index contributed by atoms with van der Waals surface area (Å²) in [5, 5.41) is 9.91. The second-order valence-electron chi connectivity index (χ2n) is 11.5. The zero-order valence-corrected chi connectivity index (χ0v) is 22.9. The van der Waals surface area contributed by atoms with Gasteiger partial charge in [-0.05, 0) is 69.9 Å². The zero-order valence-electron chi connectivity index (χ0n) is 22.1. The highest BCUT2D eigenvalue weighted by atomic mass is 32.2. The number of aliphatic hydroxyl groups is 1. The Morgan fingerprint density at radius 1 is 1.05 bits per heavy atom. The van der Waals surface area contributed by atoms with Crippen LogP contribution < -0.4 is 14.5 Å². The number of hydrogen-bond donors (Lipinski definition) is 1. The minimum atomic E-state index is -4.71. The average Bonchev–Trinajstić information content (AvgIpc) is 3.06. The minimum Gasteiger partial charge on any atom is -0.486 e. The first-order chi connectivity index (χ1) is 18.1. The Bertz CT molecular complexity index is 1340. The number of sulfonamides is 1. The predicted molar refractivity (Wildman–Crippen MR) is 138 cm³/mol. The molecule has 0 bridgehead atoms. The Labute approximate surface area is 226 Å². The van der Waals surface area contributed by atoms with Gasteiger partial charge in [0.1, 0.15) is 11.9 Å². The summed E-state index contributed by atoms with van der Waals surface area (Å²) in [5.74, 6) is 0.246. The van der Waals surface area contributed by atoms with Crippen molar-refractivity contribution in [1.82, 2.24) is 0 Å². The molecule has 0 unspecified atom stereocenters. The lowest BCUT2D eigenvalue weighted by molar-refractivity contribution is -0.151. The number of anilines is 1. The summed E-state index contributed by atoms with van der Waals surface area (Å²) < 4.78 is 92.9. The number of ether oxygens (including phenoxy) is 2. The summed E-state index contributed by atoms with van der Waals surface area (Å²) in [7, 11) is -5.24. The molecule has 0 aromatic heterocycles. The molecule has 0 saturated carbocycles. The molecule has 3 heterocycles. The molecule has 0 spiro atoms. The second-order valence-corrected chi connectivity index (χ2v) is 13.3. The highest BCUT2D eigenvalue weighted by molar-refractivity contribution is 7.92. The van der Waals surface area contributed by atoms with E-state index in [1.54, 1.807) is 18.2 Å². The van der Waals surface area contributed by atoms with Gasteiger partial charge in [-0.25, -0.2) is 8.42 Å². The number of benzene rings is 2. The number of hydrogen-bond acceptors (Lipinski definition) is 7. The van der Waals surface area contributed by atoms with Crippen LogP contribution in [0.1, 0.15) is 39.7 Å². The molecule has 2 saturated heterocycles. The monoisotopic (exact) mass is 569 g/mol. The van der Waals surface area contributed by atoms with Crippen molar-refractivity contribution < 1.29 is 45.5 Å². The van der Waals surface area contributed by atoms with Gasteiger partial charge in [0, 0.05) is 5.41 Å². The van der Waals surface area contributed by atoms with Crippen LogP contribution in [-0.2, 0) is 30.2 Å². The van der Waals surface area contributed by atoms with Crippen molar-refractivity contribution in [1.29, 1.82) is 0 Å². The third-order valence-corrected chi connectivity index (χ3v) is 9.78. The summed E-state index contributed by atoms with van der Waals surface area (Å²) in [4.78, 5) is -0.492. The molecule has 0 aliphatic carbocycles. The summed E-state index contributed by atoms with van der Waals surface area (Å²) in [6, 6.07) is 8.57. The van der Waals surface area contributed by atoms with Crippen molar-refractivity contribution in [3.63, 3.8) is 0 Å². The lowest BCUT2D eigenvalue weighted by Gasteiger charge is -2.44. The molecule has 1 atom stereocenters. The van der Waals surface area contributed by atoms with Gasteiger partial charge in [-0.15, -0.1) is 0 Å². The number of nitrogens with zero attached hydrogens (tertiary/aromatic N) is 1. The Morgan fingerprint density at radius 3 is 2.28 bits per heavy atom. The van der Waals surface area contributed by atoms with Crippen molar-refractivity contribution in [3.05, 3.63) is 48.0 Å². The number of aliphatic hydroxyl groups excluding tert-OH is 1. The molecule has 2 fully saturated rings. The molecule has 2 aromatic carbocycles. The van der Waals surface area contributed by atoms with Gasteiger partial charge in [0.25, 0.3) is 10.0 Å². The van der Waals surface area contributed by atoms with Crippen LogP contribution in [0, 0.1) is 5.41 Å². The fourth-order valence-corrected chi connectivity index (χ4v) is 6.44. The molecule has 39 heavy (non-hydrogen) atoms. The Kier molecular flexibility index (Phi) is 6.78. The van der Waals surface area contributed by atoms with E-state index in [1.165, 1.54) is 0 Å². The smallest absolute Gasteiger partial charge is 0.486 e. The van der Waals surface area contributed by atoms with E-state index in [9.17, 15) is 26.7 Å². The van der Waals surface area contributed by atoms with E-state index in [-0.39, 0.29) is 24.6 Å². The molecular weight excluding hydrogens is 538 g/mol. The van der Waals surface area contributed by atoms with Crippen LogP contribution in [0.3, 0.4) is 0 Å². The van der Waals surface area contributed by atoms with Gasteiger partial charge in [-0.2, -0.15) is 13.2 Å². The fourth-order valence-electron chi connectivity index (χ4n) is 4.90.